The molecule has 0 aromatic heterocycles. The third-order valence-electron chi connectivity index (χ3n) is 4.80. The molecule has 6 heteroatoms. The molecular formula is C14H22N2O3S. The van der Waals surface area contributed by atoms with Gasteiger partial charge in [-0.05, 0) is 23.0 Å². The number of hydrogen-bond acceptors (Lipinski definition) is 4. The van der Waals surface area contributed by atoms with Crippen LogP contribution in [0.1, 0.15) is 27.7 Å². The van der Waals surface area contributed by atoms with Gasteiger partial charge < -0.3 is 10.5 Å². The molecule has 0 spiro atoms. The van der Waals surface area contributed by atoms with Crippen LogP contribution < -0.4 is 15.2 Å². The monoisotopic (exact) mass is 298 g/mol. The number of nitrogens with one attached hydrogen (secondary N) is 1. The lowest BCUT2D eigenvalue weighted by Gasteiger charge is -2.11. The summed E-state index contributed by atoms with van der Waals surface area (Å²) in [6.07, 6.45) is 0. The number of benzene rings is 1. The van der Waals surface area contributed by atoms with Gasteiger partial charge in [-0.15, -0.1) is 0 Å². The number of ether oxygens (including phenoxy) is 1. The Morgan fingerprint density at radius 2 is 1.75 bits per heavy atom. The Balaban J connectivity index is 2.29. The van der Waals surface area contributed by atoms with Crippen LogP contribution in [-0.4, -0.2) is 21.6 Å². The number of rotatable bonds is 4. The zero-order valence-corrected chi connectivity index (χ0v) is 13.3. The Kier molecular flexibility index (Phi) is 3.30. The zero-order valence-electron chi connectivity index (χ0n) is 12.5. The molecular weight excluding hydrogens is 276 g/mol. The minimum atomic E-state index is -3.63. The van der Waals surface area contributed by atoms with E-state index in [4.69, 9.17) is 10.5 Å². The summed E-state index contributed by atoms with van der Waals surface area (Å²) < 4.78 is 32.7. The van der Waals surface area contributed by atoms with E-state index in [9.17, 15) is 8.42 Å². The highest BCUT2D eigenvalue weighted by molar-refractivity contribution is 7.89. The van der Waals surface area contributed by atoms with Gasteiger partial charge in [-0.2, -0.15) is 0 Å². The summed E-state index contributed by atoms with van der Waals surface area (Å²) in [5.74, 6) is 0.536. The van der Waals surface area contributed by atoms with Gasteiger partial charge in [0.15, 0.2) is 0 Å². The highest BCUT2D eigenvalue weighted by Crippen LogP contribution is 2.63. The molecule has 20 heavy (non-hydrogen) atoms. The first-order valence-corrected chi connectivity index (χ1v) is 7.98. The van der Waals surface area contributed by atoms with Crippen molar-refractivity contribution in [3.8, 4) is 5.75 Å². The summed E-state index contributed by atoms with van der Waals surface area (Å²) >= 11 is 0. The molecule has 0 unspecified atom stereocenters. The van der Waals surface area contributed by atoms with Crippen molar-refractivity contribution in [1.82, 2.24) is 4.72 Å². The lowest BCUT2D eigenvalue weighted by atomic mass is 10.0. The second kappa shape index (κ2) is 4.36. The lowest BCUT2D eigenvalue weighted by Crippen LogP contribution is -2.30. The molecule has 1 aliphatic rings. The van der Waals surface area contributed by atoms with Crippen molar-refractivity contribution in [2.24, 2.45) is 10.8 Å². The van der Waals surface area contributed by atoms with E-state index in [1.807, 2.05) is 0 Å². The van der Waals surface area contributed by atoms with Crippen molar-refractivity contribution in [2.75, 3.05) is 12.8 Å². The summed E-state index contributed by atoms with van der Waals surface area (Å²) in [5.41, 5.74) is 5.87. The van der Waals surface area contributed by atoms with E-state index in [0.29, 0.717) is 5.75 Å². The normalized spacial score (nSPS) is 20.6. The Morgan fingerprint density at radius 1 is 1.20 bits per heavy atom. The minimum Gasteiger partial charge on any atom is -0.497 e. The van der Waals surface area contributed by atoms with Crippen LogP contribution in [0.5, 0.6) is 5.75 Å². The summed E-state index contributed by atoms with van der Waals surface area (Å²) in [6.45, 7) is 8.21. The average molecular weight is 298 g/mol. The molecule has 0 amide bonds. The third-order valence-corrected chi connectivity index (χ3v) is 6.30. The Bertz CT molecular complexity index is 622. The zero-order chi connectivity index (χ0) is 15.3. The maximum Gasteiger partial charge on any atom is 0.242 e. The molecule has 0 saturated heterocycles. The predicted molar refractivity (Wildman–Crippen MR) is 79.1 cm³/mol. The quantitative estimate of drug-likeness (QED) is 0.833. The van der Waals surface area contributed by atoms with E-state index >= 15 is 0 Å². The molecule has 3 N–H and O–H groups in total. The fourth-order valence-corrected chi connectivity index (χ4v) is 4.25. The maximum absolute atomic E-state index is 12.4. The number of methoxy groups -OCH3 is 1. The van der Waals surface area contributed by atoms with Crippen LogP contribution in [0.25, 0.3) is 0 Å². The summed E-state index contributed by atoms with van der Waals surface area (Å²) in [4.78, 5) is 0.0943. The molecule has 5 nitrogen and oxygen atoms in total. The van der Waals surface area contributed by atoms with Gasteiger partial charge in [0.1, 0.15) is 10.6 Å². The molecule has 0 bridgehead atoms. The molecule has 1 aromatic rings. The summed E-state index contributed by atoms with van der Waals surface area (Å²) in [7, 11) is -2.11. The van der Waals surface area contributed by atoms with E-state index in [1.54, 1.807) is 6.07 Å². The van der Waals surface area contributed by atoms with Crippen molar-refractivity contribution in [2.45, 2.75) is 38.6 Å². The SMILES string of the molecule is COc1ccc(S(=O)(=O)NC2C(C)(C)C2(C)C)c(N)c1. The molecule has 1 fully saturated rings. The van der Waals surface area contributed by atoms with Crippen LogP contribution in [0.15, 0.2) is 23.1 Å². The molecule has 0 aliphatic heterocycles. The third kappa shape index (κ3) is 2.16. The number of hydrogen-bond donors (Lipinski definition) is 2. The Morgan fingerprint density at radius 3 is 2.15 bits per heavy atom. The Labute approximate surface area is 120 Å². The molecule has 1 aromatic carbocycles. The number of nitrogen functional groups attached to an aromatic ring is 1. The van der Waals surface area contributed by atoms with E-state index in [2.05, 4.69) is 32.4 Å². The highest BCUT2D eigenvalue weighted by Gasteiger charge is 2.66. The summed E-state index contributed by atoms with van der Waals surface area (Å²) in [5, 5.41) is 0. The van der Waals surface area contributed by atoms with Gasteiger partial charge in [0.05, 0.1) is 12.8 Å². The second-order valence-corrected chi connectivity index (χ2v) is 8.08. The first-order chi connectivity index (χ1) is 9.04. The predicted octanol–water partition coefficient (Wildman–Crippen LogP) is 1.99. The van der Waals surface area contributed by atoms with Crippen molar-refractivity contribution < 1.29 is 13.2 Å². The largest absolute Gasteiger partial charge is 0.497 e. The number of anilines is 1. The van der Waals surface area contributed by atoms with E-state index < -0.39 is 10.0 Å². The van der Waals surface area contributed by atoms with Crippen LogP contribution in [0.3, 0.4) is 0 Å². The summed E-state index contributed by atoms with van der Waals surface area (Å²) in [6, 6.07) is 4.48. The molecule has 1 aliphatic carbocycles. The minimum absolute atomic E-state index is 0.0682. The molecule has 112 valence electrons. The molecule has 0 radical (unpaired) electrons. The van der Waals surface area contributed by atoms with E-state index in [-0.39, 0.29) is 27.5 Å². The van der Waals surface area contributed by atoms with Crippen molar-refractivity contribution in [1.29, 1.82) is 0 Å². The van der Waals surface area contributed by atoms with Gasteiger partial charge in [0, 0.05) is 12.1 Å². The number of nitrogens with two attached hydrogens (primary N) is 1. The van der Waals surface area contributed by atoms with Gasteiger partial charge in [0.2, 0.25) is 10.0 Å². The second-order valence-electron chi connectivity index (χ2n) is 6.40. The molecule has 0 heterocycles. The van der Waals surface area contributed by atoms with Gasteiger partial charge >= 0.3 is 0 Å². The standard InChI is InChI=1S/C14H22N2O3S/c1-13(2)12(14(13,3)4)16-20(17,18)11-7-6-9(19-5)8-10(11)15/h6-8,12,16H,15H2,1-5H3. The van der Waals surface area contributed by atoms with Gasteiger partial charge in [-0.3, -0.25) is 0 Å². The maximum atomic E-state index is 12.4. The first kappa shape index (κ1) is 15.1. The van der Waals surface area contributed by atoms with Gasteiger partial charge in [0.25, 0.3) is 0 Å². The van der Waals surface area contributed by atoms with Crippen molar-refractivity contribution in [3.63, 3.8) is 0 Å². The van der Waals surface area contributed by atoms with Crippen molar-refractivity contribution >= 4 is 15.7 Å². The fourth-order valence-electron chi connectivity index (χ4n) is 2.61. The van der Waals surface area contributed by atoms with E-state index in [1.165, 1.54) is 19.2 Å². The average Bonchev–Trinajstić information content (AvgIpc) is 2.70. The van der Waals surface area contributed by atoms with E-state index in [0.717, 1.165) is 0 Å². The van der Waals surface area contributed by atoms with Crippen LogP contribution in [0.4, 0.5) is 5.69 Å². The van der Waals surface area contributed by atoms with Gasteiger partial charge in [-0.1, -0.05) is 27.7 Å². The molecule has 0 atom stereocenters. The van der Waals surface area contributed by atoms with Crippen LogP contribution >= 0.6 is 0 Å². The van der Waals surface area contributed by atoms with Gasteiger partial charge in [-0.25, -0.2) is 13.1 Å². The molecule has 1 saturated carbocycles. The van der Waals surface area contributed by atoms with Crippen LogP contribution in [0, 0.1) is 10.8 Å². The van der Waals surface area contributed by atoms with Crippen molar-refractivity contribution in [3.05, 3.63) is 18.2 Å². The first-order valence-electron chi connectivity index (χ1n) is 6.50. The number of sulfonamides is 1. The topological polar surface area (TPSA) is 81.4 Å². The fraction of sp³-hybridized carbons (Fsp3) is 0.571. The smallest absolute Gasteiger partial charge is 0.242 e. The lowest BCUT2D eigenvalue weighted by molar-refractivity contribution is 0.414. The van der Waals surface area contributed by atoms with Crippen LogP contribution in [0.2, 0.25) is 0 Å². The van der Waals surface area contributed by atoms with Crippen LogP contribution in [-0.2, 0) is 10.0 Å². The molecule has 2 rings (SSSR count). The highest BCUT2D eigenvalue weighted by atomic mass is 32.2. The Hall–Kier alpha value is -1.27.